The van der Waals surface area contributed by atoms with E-state index < -0.39 is 22.9 Å². The highest BCUT2D eigenvalue weighted by atomic mass is 16.6. The summed E-state index contributed by atoms with van der Waals surface area (Å²) < 4.78 is 5.28. The second-order valence-electron chi connectivity index (χ2n) is 5.68. The number of hydrogen-bond donors (Lipinski definition) is 1. The summed E-state index contributed by atoms with van der Waals surface area (Å²) in [4.78, 5) is 34.8. The van der Waals surface area contributed by atoms with E-state index in [1.54, 1.807) is 6.08 Å². The van der Waals surface area contributed by atoms with E-state index in [0.717, 1.165) is 5.56 Å². The standard InChI is InChI=1S/C20H20N2O5/c1-2-3-9-18(23)27-19(16-10-12-17(13-11-16)22(25)26)20(24)21-14-15-7-5-4-6-8-15/h3-13,19H,2,14H2,1H3,(H,21,24)/b9-3+. The van der Waals surface area contributed by atoms with Crippen LogP contribution in [0.1, 0.15) is 30.6 Å². The topological polar surface area (TPSA) is 98.5 Å². The number of hydrogen-bond acceptors (Lipinski definition) is 5. The van der Waals surface area contributed by atoms with Crippen LogP contribution in [0.15, 0.2) is 66.7 Å². The number of carbonyl (C=O) groups is 2. The number of amides is 1. The zero-order chi connectivity index (χ0) is 19.6. The van der Waals surface area contributed by atoms with Gasteiger partial charge in [-0.25, -0.2) is 4.79 Å². The minimum atomic E-state index is -1.21. The summed E-state index contributed by atoms with van der Waals surface area (Å²) >= 11 is 0. The third-order valence-electron chi connectivity index (χ3n) is 3.68. The molecule has 0 fully saturated rings. The average molecular weight is 368 g/mol. The summed E-state index contributed by atoms with van der Waals surface area (Å²) in [7, 11) is 0. The summed E-state index contributed by atoms with van der Waals surface area (Å²) in [5.74, 6) is -1.17. The van der Waals surface area contributed by atoms with Crippen molar-refractivity contribution in [3.8, 4) is 0 Å². The van der Waals surface area contributed by atoms with Crippen molar-refractivity contribution in [1.82, 2.24) is 5.32 Å². The average Bonchev–Trinajstić information content (AvgIpc) is 2.69. The number of ether oxygens (including phenoxy) is 1. The Bertz CT molecular complexity index is 816. The zero-order valence-corrected chi connectivity index (χ0v) is 14.8. The molecule has 0 saturated heterocycles. The van der Waals surface area contributed by atoms with E-state index in [-0.39, 0.29) is 12.2 Å². The molecule has 2 rings (SSSR count). The number of carbonyl (C=O) groups excluding carboxylic acids is 2. The lowest BCUT2D eigenvalue weighted by molar-refractivity contribution is -0.384. The number of non-ortho nitro benzene ring substituents is 1. The molecule has 7 nitrogen and oxygen atoms in total. The van der Waals surface area contributed by atoms with Crippen LogP contribution in [-0.2, 0) is 20.9 Å². The van der Waals surface area contributed by atoms with Gasteiger partial charge in [-0.1, -0.05) is 43.3 Å². The number of allylic oxidation sites excluding steroid dienone is 1. The first kappa shape index (κ1) is 19.8. The highest BCUT2D eigenvalue weighted by molar-refractivity contribution is 5.88. The van der Waals surface area contributed by atoms with Gasteiger partial charge in [0.25, 0.3) is 11.6 Å². The minimum absolute atomic E-state index is 0.112. The van der Waals surface area contributed by atoms with Crippen molar-refractivity contribution < 1.29 is 19.2 Å². The maximum atomic E-state index is 12.6. The largest absolute Gasteiger partial charge is 0.444 e. The zero-order valence-electron chi connectivity index (χ0n) is 14.8. The van der Waals surface area contributed by atoms with E-state index >= 15 is 0 Å². The Morgan fingerprint density at radius 1 is 1.15 bits per heavy atom. The quantitative estimate of drug-likeness (QED) is 0.333. The van der Waals surface area contributed by atoms with Crippen molar-refractivity contribution in [2.24, 2.45) is 0 Å². The highest BCUT2D eigenvalue weighted by Gasteiger charge is 2.24. The molecule has 0 aromatic heterocycles. The third kappa shape index (κ3) is 6.07. The van der Waals surface area contributed by atoms with E-state index in [1.807, 2.05) is 37.3 Å². The predicted octanol–water partition coefficient (Wildman–Crippen LogP) is 3.46. The molecule has 2 aromatic rings. The number of rotatable bonds is 8. The Morgan fingerprint density at radius 2 is 1.81 bits per heavy atom. The molecule has 1 atom stereocenters. The fourth-order valence-corrected chi connectivity index (χ4v) is 2.29. The Hall–Kier alpha value is -3.48. The smallest absolute Gasteiger partial charge is 0.331 e. The summed E-state index contributed by atoms with van der Waals surface area (Å²) in [6, 6.07) is 14.6. The van der Waals surface area contributed by atoms with Gasteiger partial charge in [-0.3, -0.25) is 14.9 Å². The SMILES string of the molecule is CC/C=C/C(=O)OC(C(=O)NCc1ccccc1)c1ccc([N+](=O)[O-])cc1. The third-order valence-corrected chi connectivity index (χ3v) is 3.68. The van der Waals surface area contributed by atoms with Crippen LogP contribution in [0.4, 0.5) is 5.69 Å². The highest BCUT2D eigenvalue weighted by Crippen LogP contribution is 2.22. The summed E-state index contributed by atoms with van der Waals surface area (Å²) in [6.45, 7) is 2.13. The van der Waals surface area contributed by atoms with Crippen LogP contribution in [0.25, 0.3) is 0 Å². The molecule has 1 amide bonds. The molecule has 0 saturated carbocycles. The van der Waals surface area contributed by atoms with Gasteiger partial charge < -0.3 is 10.1 Å². The van der Waals surface area contributed by atoms with Crippen LogP contribution in [0.3, 0.4) is 0 Å². The number of esters is 1. The maximum absolute atomic E-state index is 12.6. The van der Waals surface area contributed by atoms with Crippen LogP contribution in [0.5, 0.6) is 0 Å². The van der Waals surface area contributed by atoms with Crippen LogP contribution >= 0.6 is 0 Å². The second-order valence-corrected chi connectivity index (χ2v) is 5.68. The van der Waals surface area contributed by atoms with E-state index in [1.165, 1.54) is 30.3 Å². The van der Waals surface area contributed by atoms with Gasteiger partial charge in [-0.2, -0.15) is 0 Å². The molecule has 0 heterocycles. The van der Waals surface area contributed by atoms with E-state index in [0.29, 0.717) is 12.0 Å². The number of nitro benzene ring substituents is 1. The molecule has 140 valence electrons. The number of benzene rings is 2. The van der Waals surface area contributed by atoms with Crippen LogP contribution < -0.4 is 5.32 Å². The number of nitrogens with zero attached hydrogens (tertiary/aromatic N) is 1. The van der Waals surface area contributed by atoms with Gasteiger partial charge >= 0.3 is 5.97 Å². The summed E-state index contributed by atoms with van der Waals surface area (Å²) in [5, 5.41) is 13.5. The number of nitrogens with one attached hydrogen (secondary N) is 1. The molecule has 1 N–H and O–H groups in total. The molecule has 27 heavy (non-hydrogen) atoms. The minimum Gasteiger partial charge on any atom is -0.444 e. The Labute approximate surface area is 156 Å². The summed E-state index contributed by atoms with van der Waals surface area (Å²) in [6.07, 6.45) is 2.32. The normalized spacial score (nSPS) is 11.7. The van der Waals surface area contributed by atoms with Crippen molar-refractivity contribution in [1.29, 1.82) is 0 Å². The molecule has 0 aliphatic rings. The van der Waals surface area contributed by atoms with Gasteiger partial charge in [0, 0.05) is 30.3 Å². The first-order chi connectivity index (χ1) is 13.0. The molecule has 0 aliphatic carbocycles. The van der Waals surface area contributed by atoms with E-state index in [4.69, 9.17) is 4.74 Å². The molecule has 0 spiro atoms. The monoisotopic (exact) mass is 368 g/mol. The van der Waals surface area contributed by atoms with Crippen LogP contribution in [0.2, 0.25) is 0 Å². The molecule has 0 bridgehead atoms. The fourth-order valence-electron chi connectivity index (χ4n) is 2.29. The number of nitro groups is 1. The lowest BCUT2D eigenvalue weighted by Gasteiger charge is -2.17. The predicted molar refractivity (Wildman–Crippen MR) is 99.6 cm³/mol. The van der Waals surface area contributed by atoms with Gasteiger partial charge in [-0.05, 0) is 24.1 Å². The lowest BCUT2D eigenvalue weighted by Crippen LogP contribution is -2.31. The van der Waals surface area contributed by atoms with E-state index in [2.05, 4.69) is 5.32 Å². The second kappa shape index (κ2) is 9.86. The fraction of sp³-hybridized carbons (Fsp3) is 0.200. The van der Waals surface area contributed by atoms with Crippen molar-refractivity contribution in [3.05, 3.63) is 88.0 Å². The summed E-state index contributed by atoms with van der Waals surface area (Å²) in [5.41, 5.74) is 1.13. The van der Waals surface area contributed by atoms with Gasteiger partial charge in [0.2, 0.25) is 6.10 Å². The molecular weight excluding hydrogens is 348 g/mol. The van der Waals surface area contributed by atoms with Gasteiger partial charge in [-0.15, -0.1) is 0 Å². The van der Waals surface area contributed by atoms with Gasteiger partial charge in [0.05, 0.1) is 4.92 Å². The van der Waals surface area contributed by atoms with Crippen LogP contribution in [-0.4, -0.2) is 16.8 Å². The Balaban J connectivity index is 2.17. The molecule has 7 heteroatoms. The van der Waals surface area contributed by atoms with Crippen LogP contribution in [0, 0.1) is 10.1 Å². The Morgan fingerprint density at radius 3 is 2.41 bits per heavy atom. The maximum Gasteiger partial charge on any atom is 0.331 e. The van der Waals surface area contributed by atoms with Gasteiger partial charge in [0.1, 0.15) is 0 Å². The first-order valence-electron chi connectivity index (χ1n) is 8.44. The van der Waals surface area contributed by atoms with Crippen molar-refractivity contribution in [2.75, 3.05) is 0 Å². The molecule has 0 radical (unpaired) electrons. The Kier molecular flexibility index (Phi) is 7.25. The van der Waals surface area contributed by atoms with Gasteiger partial charge in [0.15, 0.2) is 0 Å². The molecular formula is C20H20N2O5. The van der Waals surface area contributed by atoms with E-state index in [9.17, 15) is 19.7 Å². The lowest BCUT2D eigenvalue weighted by atomic mass is 10.1. The molecule has 2 aromatic carbocycles. The van der Waals surface area contributed by atoms with Crippen molar-refractivity contribution in [2.45, 2.75) is 26.0 Å². The molecule has 0 aliphatic heterocycles. The first-order valence-corrected chi connectivity index (χ1v) is 8.44. The van der Waals surface area contributed by atoms with Crippen molar-refractivity contribution >= 4 is 17.6 Å². The van der Waals surface area contributed by atoms with Crippen molar-refractivity contribution in [3.63, 3.8) is 0 Å². The molecule has 1 unspecified atom stereocenters.